The smallest absolute Gasteiger partial charge is 0.257 e. The highest BCUT2D eigenvalue weighted by atomic mass is 32.1. The van der Waals surface area contributed by atoms with Crippen LogP contribution in [0.4, 0.5) is 5.69 Å². The molecule has 2 N–H and O–H groups in total. The number of benzene rings is 2. The van der Waals surface area contributed by atoms with E-state index in [0.717, 1.165) is 44.5 Å². The van der Waals surface area contributed by atoms with E-state index in [-0.39, 0.29) is 16.9 Å². The van der Waals surface area contributed by atoms with Crippen molar-refractivity contribution in [1.82, 2.24) is 10.2 Å². The van der Waals surface area contributed by atoms with Crippen LogP contribution in [0.1, 0.15) is 67.2 Å². The number of hydrogen-bond acceptors (Lipinski definition) is 4. The van der Waals surface area contributed by atoms with Gasteiger partial charge in [-0.2, -0.15) is 0 Å². The second-order valence-electron chi connectivity index (χ2n) is 7.51. The Hall–Kier alpha value is -2.93. The molecule has 0 fully saturated rings. The van der Waals surface area contributed by atoms with Crippen molar-refractivity contribution in [2.75, 3.05) is 25.0 Å². The molecule has 0 saturated carbocycles. The molecule has 0 aliphatic heterocycles. The van der Waals surface area contributed by atoms with Crippen molar-refractivity contribution in [1.29, 1.82) is 0 Å². The first-order valence-electron chi connectivity index (χ1n) is 11.2. The second kappa shape index (κ2) is 13.5. The molecule has 0 bridgehead atoms. The number of ether oxygens (including phenoxy) is 1. The fraction of sp³-hybridized carbons (Fsp3) is 0.400. The summed E-state index contributed by atoms with van der Waals surface area (Å²) in [6, 6.07) is 14.1. The molecular formula is C25H33N3O3S. The zero-order valence-corrected chi connectivity index (χ0v) is 20.0. The molecule has 7 heteroatoms. The third-order valence-electron chi connectivity index (χ3n) is 4.75. The molecule has 0 radical (unpaired) electrons. The van der Waals surface area contributed by atoms with Gasteiger partial charge < -0.3 is 15.0 Å². The average Bonchev–Trinajstić information content (AvgIpc) is 2.79. The molecule has 2 rings (SSSR count). The number of carbonyl (C=O) groups excluding carboxylic acids is 2. The Morgan fingerprint density at radius 3 is 2.25 bits per heavy atom. The topological polar surface area (TPSA) is 70.7 Å². The number of rotatable bonds is 11. The third kappa shape index (κ3) is 7.96. The van der Waals surface area contributed by atoms with E-state index in [2.05, 4.69) is 31.4 Å². The standard InChI is InChI=1S/C25H33N3O3S/c1-4-7-17-31-22-13-11-19(12-14-22)23(29)27-25(32)26-21-10-8-9-20(18-21)24(30)28(15-5-2)16-6-3/h8-14,18H,4-7,15-17H2,1-3H3,(H2,26,27,29,32). The Morgan fingerprint density at radius 2 is 1.62 bits per heavy atom. The van der Waals surface area contributed by atoms with Crippen LogP contribution in [0.3, 0.4) is 0 Å². The molecule has 0 aliphatic carbocycles. The van der Waals surface area contributed by atoms with Gasteiger partial charge in [-0.15, -0.1) is 0 Å². The van der Waals surface area contributed by atoms with Gasteiger partial charge in [-0.25, -0.2) is 0 Å². The highest BCUT2D eigenvalue weighted by molar-refractivity contribution is 7.80. The van der Waals surface area contributed by atoms with E-state index in [1.54, 1.807) is 42.5 Å². The van der Waals surface area contributed by atoms with E-state index in [4.69, 9.17) is 17.0 Å². The summed E-state index contributed by atoms with van der Waals surface area (Å²) in [7, 11) is 0. The number of amides is 2. The molecule has 6 nitrogen and oxygen atoms in total. The minimum atomic E-state index is -0.313. The van der Waals surface area contributed by atoms with E-state index >= 15 is 0 Å². The van der Waals surface area contributed by atoms with Crippen LogP contribution in [0.25, 0.3) is 0 Å². The second-order valence-corrected chi connectivity index (χ2v) is 7.92. The maximum absolute atomic E-state index is 12.8. The first-order chi connectivity index (χ1) is 15.5. The Bertz CT molecular complexity index is 894. The molecule has 2 amide bonds. The van der Waals surface area contributed by atoms with Gasteiger partial charge in [-0.3, -0.25) is 14.9 Å². The van der Waals surface area contributed by atoms with Gasteiger partial charge in [0.2, 0.25) is 0 Å². The maximum atomic E-state index is 12.8. The lowest BCUT2D eigenvalue weighted by Crippen LogP contribution is -2.34. The fourth-order valence-electron chi connectivity index (χ4n) is 3.14. The molecule has 0 atom stereocenters. The van der Waals surface area contributed by atoms with E-state index < -0.39 is 0 Å². The van der Waals surface area contributed by atoms with Crippen molar-refractivity contribution in [2.24, 2.45) is 0 Å². The van der Waals surface area contributed by atoms with Crippen molar-refractivity contribution in [2.45, 2.75) is 46.5 Å². The zero-order chi connectivity index (χ0) is 23.3. The zero-order valence-electron chi connectivity index (χ0n) is 19.1. The molecule has 0 spiro atoms. The summed E-state index contributed by atoms with van der Waals surface area (Å²) in [4.78, 5) is 27.2. The Morgan fingerprint density at radius 1 is 0.938 bits per heavy atom. The predicted octanol–water partition coefficient (Wildman–Crippen LogP) is 5.25. The van der Waals surface area contributed by atoms with Gasteiger partial charge in [0.15, 0.2) is 5.11 Å². The SMILES string of the molecule is CCCCOc1ccc(C(=O)NC(=S)Nc2cccc(C(=O)N(CCC)CCC)c2)cc1. The largest absolute Gasteiger partial charge is 0.494 e. The van der Waals surface area contributed by atoms with E-state index in [1.165, 1.54) is 0 Å². The van der Waals surface area contributed by atoms with Crippen LogP contribution >= 0.6 is 12.2 Å². The Balaban J connectivity index is 1.95. The minimum Gasteiger partial charge on any atom is -0.494 e. The highest BCUT2D eigenvalue weighted by Crippen LogP contribution is 2.15. The number of thiocarbonyl (C=S) groups is 1. The first-order valence-corrected chi connectivity index (χ1v) is 11.6. The molecule has 0 aliphatic rings. The third-order valence-corrected chi connectivity index (χ3v) is 4.96. The lowest BCUT2D eigenvalue weighted by molar-refractivity contribution is 0.0755. The predicted molar refractivity (Wildman–Crippen MR) is 133 cm³/mol. The summed E-state index contributed by atoms with van der Waals surface area (Å²) in [6.07, 6.45) is 3.87. The van der Waals surface area contributed by atoms with Crippen molar-refractivity contribution in [3.63, 3.8) is 0 Å². The van der Waals surface area contributed by atoms with Crippen molar-refractivity contribution in [3.05, 3.63) is 59.7 Å². The van der Waals surface area contributed by atoms with E-state index in [1.807, 2.05) is 11.0 Å². The molecule has 0 saturated heterocycles. The molecule has 0 heterocycles. The Kier molecular flexibility index (Phi) is 10.7. The van der Waals surface area contributed by atoms with Crippen molar-refractivity contribution in [3.8, 4) is 5.75 Å². The van der Waals surface area contributed by atoms with Gasteiger partial charge in [0.1, 0.15) is 5.75 Å². The lowest BCUT2D eigenvalue weighted by Gasteiger charge is -2.21. The van der Waals surface area contributed by atoms with Gasteiger partial charge in [-0.1, -0.05) is 33.3 Å². The lowest BCUT2D eigenvalue weighted by atomic mass is 10.1. The first kappa shape index (κ1) is 25.3. The van der Waals surface area contributed by atoms with Gasteiger partial charge in [0, 0.05) is 29.9 Å². The van der Waals surface area contributed by atoms with Gasteiger partial charge in [0.25, 0.3) is 11.8 Å². The van der Waals surface area contributed by atoms with E-state index in [9.17, 15) is 9.59 Å². The number of nitrogens with one attached hydrogen (secondary N) is 2. The minimum absolute atomic E-state index is 0.00597. The maximum Gasteiger partial charge on any atom is 0.257 e. The van der Waals surface area contributed by atoms with Crippen LogP contribution in [0.2, 0.25) is 0 Å². The van der Waals surface area contributed by atoms with Crippen LogP contribution in [0, 0.1) is 0 Å². The van der Waals surface area contributed by atoms with Crippen LogP contribution < -0.4 is 15.4 Å². The molecule has 0 aromatic heterocycles. The summed E-state index contributed by atoms with van der Waals surface area (Å²) in [5.74, 6) is 0.415. The molecule has 0 unspecified atom stereocenters. The summed E-state index contributed by atoms with van der Waals surface area (Å²) in [5.41, 5.74) is 1.72. The van der Waals surface area contributed by atoms with Crippen molar-refractivity contribution >= 4 is 34.8 Å². The molecule has 32 heavy (non-hydrogen) atoms. The Labute approximate surface area is 196 Å². The van der Waals surface area contributed by atoms with Crippen LogP contribution in [0.5, 0.6) is 5.75 Å². The van der Waals surface area contributed by atoms with Crippen LogP contribution in [-0.2, 0) is 0 Å². The fourth-order valence-corrected chi connectivity index (χ4v) is 3.35. The van der Waals surface area contributed by atoms with Crippen molar-refractivity contribution < 1.29 is 14.3 Å². The average molecular weight is 456 g/mol. The molecule has 2 aromatic carbocycles. The normalized spacial score (nSPS) is 10.3. The molecule has 172 valence electrons. The monoisotopic (exact) mass is 455 g/mol. The summed E-state index contributed by atoms with van der Waals surface area (Å²) >= 11 is 5.29. The number of carbonyl (C=O) groups is 2. The highest BCUT2D eigenvalue weighted by Gasteiger charge is 2.15. The molecule has 2 aromatic rings. The van der Waals surface area contributed by atoms with Gasteiger partial charge >= 0.3 is 0 Å². The number of anilines is 1. The van der Waals surface area contributed by atoms with Crippen LogP contribution in [0.15, 0.2) is 48.5 Å². The summed E-state index contributed by atoms with van der Waals surface area (Å²) in [5, 5.41) is 5.83. The van der Waals surface area contributed by atoms with E-state index in [0.29, 0.717) is 23.4 Å². The summed E-state index contributed by atoms with van der Waals surface area (Å²) in [6.45, 7) is 8.33. The van der Waals surface area contributed by atoms with Gasteiger partial charge in [-0.05, 0) is 73.9 Å². The number of nitrogens with zero attached hydrogens (tertiary/aromatic N) is 1. The number of unbranched alkanes of at least 4 members (excludes halogenated alkanes) is 1. The summed E-state index contributed by atoms with van der Waals surface area (Å²) < 4.78 is 5.62. The quantitative estimate of drug-likeness (QED) is 0.357. The number of hydrogen-bond donors (Lipinski definition) is 2. The van der Waals surface area contributed by atoms with Gasteiger partial charge in [0.05, 0.1) is 6.61 Å². The van der Waals surface area contributed by atoms with Crippen LogP contribution in [-0.4, -0.2) is 41.5 Å². The molecular weight excluding hydrogens is 422 g/mol.